The maximum atomic E-state index is 13.0. The molecule has 2 N–H and O–H groups in total. The molecular weight excluding hydrogens is 401 g/mol. The third kappa shape index (κ3) is 3.96. The number of H-pyrrole nitrogens is 1. The zero-order chi connectivity index (χ0) is 22.2. The van der Waals surface area contributed by atoms with Gasteiger partial charge in [0, 0.05) is 0 Å². The Morgan fingerprint density at radius 1 is 1.17 bits per heavy atom. The highest BCUT2D eigenvalue weighted by molar-refractivity contribution is 5.48. The first-order chi connectivity index (χ1) is 14.0. The van der Waals surface area contributed by atoms with Crippen LogP contribution < -0.4 is 11.2 Å². The minimum absolute atomic E-state index is 0.165. The third-order valence-corrected chi connectivity index (χ3v) is 4.61. The molecular formula is C20H15F3N4O3. The number of phenolic OH excluding ortho intramolecular Hbond substituents is 1. The number of hydrogen-bond donors (Lipinski definition) is 2. The van der Waals surface area contributed by atoms with Gasteiger partial charge in [-0.25, -0.2) is 4.79 Å². The average Bonchev–Trinajstić information content (AvgIpc) is 2.65. The van der Waals surface area contributed by atoms with Crippen LogP contribution in [-0.2, 0) is 12.6 Å². The van der Waals surface area contributed by atoms with Crippen molar-refractivity contribution in [2.75, 3.05) is 0 Å². The molecule has 0 unspecified atom stereocenters. The predicted octanol–water partition coefficient (Wildman–Crippen LogP) is 2.72. The molecule has 0 aliphatic rings. The van der Waals surface area contributed by atoms with Crippen molar-refractivity contribution in [3.8, 4) is 17.5 Å². The van der Waals surface area contributed by atoms with E-state index < -0.39 is 34.4 Å². The Bertz CT molecular complexity index is 1280. The Morgan fingerprint density at radius 3 is 2.37 bits per heavy atom. The molecule has 0 aliphatic heterocycles. The fraction of sp³-hybridized carbons (Fsp3) is 0.200. The molecule has 0 bridgehead atoms. The zero-order valence-electron chi connectivity index (χ0n) is 15.8. The molecule has 30 heavy (non-hydrogen) atoms. The normalized spacial score (nSPS) is 11.3. The predicted molar refractivity (Wildman–Crippen MR) is 101 cm³/mol. The summed E-state index contributed by atoms with van der Waals surface area (Å²) < 4.78 is 40.0. The van der Waals surface area contributed by atoms with Crippen LogP contribution in [0, 0.1) is 25.2 Å². The first kappa shape index (κ1) is 20.9. The quantitative estimate of drug-likeness (QED) is 0.682. The second-order valence-corrected chi connectivity index (χ2v) is 6.72. The lowest BCUT2D eigenvalue weighted by Crippen LogP contribution is -2.33. The third-order valence-electron chi connectivity index (χ3n) is 4.61. The smallest absolute Gasteiger partial charge is 0.419 e. The van der Waals surface area contributed by atoms with Crippen LogP contribution in [-0.4, -0.2) is 19.9 Å². The van der Waals surface area contributed by atoms with Gasteiger partial charge in [0.1, 0.15) is 11.8 Å². The largest absolute Gasteiger partial charge is 0.507 e. The summed E-state index contributed by atoms with van der Waals surface area (Å²) in [7, 11) is 0. The van der Waals surface area contributed by atoms with Gasteiger partial charge in [-0.05, 0) is 66.8 Å². The van der Waals surface area contributed by atoms with Crippen LogP contribution in [0.25, 0.3) is 5.69 Å². The summed E-state index contributed by atoms with van der Waals surface area (Å²) in [6.45, 7) is 3.44. The Balaban J connectivity index is 2.05. The van der Waals surface area contributed by atoms with Crippen LogP contribution in [0.3, 0.4) is 0 Å². The molecule has 0 atom stereocenters. The lowest BCUT2D eigenvalue weighted by atomic mass is 9.94. The molecule has 0 aliphatic carbocycles. The Hall–Kier alpha value is -3.87. The highest BCUT2D eigenvalue weighted by Crippen LogP contribution is 2.36. The van der Waals surface area contributed by atoms with Crippen molar-refractivity contribution < 1.29 is 18.3 Å². The molecule has 0 saturated heterocycles. The van der Waals surface area contributed by atoms with Crippen LogP contribution in [0.2, 0.25) is 0 Å². The number of aromatic amines is 1. The molecule has 7 nitrogen and oxygen atoms in total. The number of nitrogens with zero attached hydrogens (tertiary/aromatic N) is 3. The lowest BCUT2D eigenvalue weighted by Gasteiger charge is -2.15. The monoisotopic (exact) mass is 416 g/mol. The summed E-state index contributed by atoms with van der Waals surface area (Å²) in [5.74, 6) is -0.841. The van der Waals surface area contributed by atoms with Gasteiger partial charge in [0.15, 0.2) is 0 Å². The second kappa shape index (κ2) is 7.51. The van der Waals surface area contributed by atoms with Gasteiger partial charge in [-0.15, -0.1) is 5.10 Å². The molecule has 0 saturated carbocycles. The van der Waals surface area contributed by atoms with Gasteiger partial charge in [-0.1, -0.05) is 6.07 Å². The van der Waals surface area contributed by atoms with Gasteiger partial charge in [-0.2, -0.15) is 23.1 Å². The lowest BCUT2D eigenvalue weighted by molar-refractivity contribution is -0.138. The maximum Gasteiger partial charge on any atom is 0.419 e. The number of nitriles is 1. The van der Waals surface area contributed by atoms with Gasteiger partial charge in [0.25, 0.3) is 5.56 Å². The number of benzene rings is 2. The highest BCUT2D eigenvalue weighted by Gasteiger charge is 2.34. The molecule has 0 amide bonds. The van der Waals surface area contributed by atoms with E-state index in [1.54, 1.807) is 32.0 Å². The summed E-state index contributed by atoms with van der Waals surface area (Å²) in [5, 5.41) is 22.2. The van der Waals surface area contributed by atoms with Gasteiger partial charge >= 0.3 is 11.9 Å². The zero-order valence-corrected chi connectivity index (χ0v) is 15.8. The van der Waals surface area contributed by atoms with E-state index in [4.69, 9.17) is 5.26 Å². The van der Waals surface area contributed by atoms with Gasteiger partial charge in [0.2, 0.25) is 5.69 Å². The van der Waals surface area contributed by atoms with Crippen LogP contribution >= 0.6 is 0 Å². The maximum absolute atomic E-state index is 13.0. The van der Waals surface area contributed by atoms with E-state index >= 15 is 0 Å². The first-order valence-electron chi connectivity index (χ1n) is 8.64. The standard InChI is InChI=1S/C20H15F3N4O3/c1-10-5-13(27-19(30)25-18(29)16(9-24)26-27)6-11(2)14(10)7-12-3-4-17(28)15(8-12)20(21,22)23/h3-6,8,28H,7H2,1-2H3,(H,25,29,30). The molecule has 1 heterocycles. The minimum Gasteiger partial charge on any atom is -0.507 e. The number of nitrogens with one attached hydrogen (secondary N) is 1. The second-order valence-electron chi connectivity index (χ2n) is 6.72. The fourth-order valence-electron chi connectivity index (χ4n) is 3.14. The number of aryl methyl sites for hydroxylation is 2. The molecule has 0 radical (unpaired) electrons. The van der Waals surface area contributed by atoms with Crippen molar-refractivity contribution in [2.45, 2.75) is 26.4 Å². The number of hydrogen-bond acceptors (Lipinski definition) is 5. The number of phenols is 1. The van der Waals surface area contributed by atoms with E-state index in [1.807, 2.05) is 4.98 Å². The number of aromatic hydroxyl groups is 1. The molecule has 3 rings (SSSR count). The molecule has 3 aromatic rings. The van der Waals surface area contributed by atoms with Crippen molar-refractivity contribution in [1.82, 2.24) is 14.8 Å². The Labute approximate surface area is 167 Å². The van der Waals surface area contributed by atoms with Gasteiger partial charge in [0.05, 0.1) is 11.3 Å². The summed E-state index contributed by atoms with van der Waals surface area (Å²) in [6, 6.07) is 8.08. The molecule has 10 heteroatoms. The summed E-state index contributed by atoms with van der Waals surface area (Å²) in [5.41, 5.74) is -0.572. The number of halogens is 3. The van der Waals surface area contributed by atoms with Gasteiger partial charge < -0.3 is 5.11 Å². The van der Waals surface area contributed by atoms with Crippen LogP contribution in [0.1, 0.15) is 33.5 Å². The molecule has 0 spiro atoms. The van der Waals surface area contributed by atoms with E-state index in [0.29, 0.717) is 22.4 Å². The SMILES string of the molecule is Cc1cc(-n2nc(C#N)c(=O)[nH]c2=O)cc(C)c1Cc1ccc(O)c(C(F)(F)F)c1. The molecule has 1 aromatic heterocycles. The number of aromatic nitrogens is 3. The fourth-order valence-corrected chi connectivity index (χ4v) is 3.14. The average molecular weight is 416 g/mol. The summed E-state index contributed by atoms with van der Waals surface area (Å²) in [6.07, 6.45) is -4.51. The van der Waals surface area contributed by atoms with Crippen molar-refractivity contribution in [1.29, 1.82) is 5.26 Å². The van der Waals surface area contributed by atoms with E-state index in [-0.39, 0.29) is 6.42 Å². The summed E-state index contributed by atoms with van der Waals surface area (Å²) in [4.78, 5) is 25.6. The van der Waals surface area contributed by atoms with Crippen molar-refractivity contribution in [2.24, 2.45) is 0 Å². The topological polar surface area (TPSA) is 112 Å². The number of alkyl halides is 3. The summed E-state index contributed by atoms with van der Waals surface area (Å²) >= 11 is 0. The van der Waals surface area contributed by atoms with E-state index in [1.165, 1.54) is 6.07 Å². The van der Waals surface area contributed by atoms with Crippen molar-refractivity contribution in [3.05, 3.63) is 84.7 Å². The van der Waals surface area contributed by atoms with Crippen molar-refractivity contribution >= 4 is 0 Å². The van der Waals surface area contributed by atoms with E-state index in [0.717, 1.165) is 22.4 Å². The van der Waals surface area contributed by atoms with Crippen LogP contribution in [0.15, 0.2) is 39.9 Å². The van der Waals surface area contributed by atoms with Crippen molar-refractivity contribution in [3.63, 3.8) is 0 Å². The highest BCUT2D eigenvalue weighted by atomic mass is 19.4. The van der Waals surface area contributed by atoms with Gasteiger partial charge in [-0.3, -0.25) is 9.78 Å². The van der Waals surface area contributed by atoms with Crippen LogP contribution in [0.5, 0.6) is 5.75 Å². The van der Waals surface area contributed by atoms with Crippen LogP contribution in [0.4, 0.5) is 13.2 Å². The number of rotatable bonds is 3. The van der Waals surface area contributed by atoms with E-state index in [2.05, 4.69) is 5.10 Å². The van der Waals surface area contributed by atoms with E-state index in [9.17, 15) is 27.9 Å². The Kier molecular flexibility index (Phi) is 5.22. The molecule has 154 valence electrons. The Morgan fingerprint density at radius 2 is 1.80 bits per heavy atom. The first-order valence-corrected chi connectivity index (χ1v) is 8.64. The molecule has 2 aromatic carbocycles. The minimum atomic E-state index is -4.68. The molecule has 0 fully saturated rings.